The number of nitro benzene ring substituents is 1. The van der Waals surface area contributed by atoms with Crippen molar-refractivity contribution in [3.63, 3.8) is 0 Å². The van der Waals surface area contributed by atoms with Crippen LogP contribution in [0.3, 0.4) is 0 Å². The Balaban J connectivity index is 1.44. The predicted molar refractivity (Wildman–Crippen MR) is 109 cm³/mol. The van der Waals surface area contributed by atoms with Crippen molar-refractivity contribution in [3.05, 3.63) is 80.8 Å². The number of fused-ring (bicyclic) bond motifs is 1. The topological polar surface area (TPSA) is 105 Å². The maximum atomic E-state index is 12.7. The predicted octanol–water partition coefficient (Wildman–Crippen LogP) is 3.44. The van der Waals surface area contributed by atoms with Gasteiger partial charge in [0, 0.05) is 29.6 Å². The summed E-state index contributed by atoms with van der Waals surface area (Å²) in [6.07, 6.45) is 0.717. The second kappa shape index (κ2) is 7.80. The number of benzene rings is 2. The van der Waals surface area contributed by atoms with Crippen molar-refractivity contribution in [2.24, 2.45) is 0 Å². The maximum Gasteiger partial charge on any atom is 0.271 e. The van der Waals surface area contributed by atoms with Gasteiger partial charge >= 0.3 is 0 Å². The van der Waals surface area contributed by atoms with Gasteiger partial charge in [0.2, 0.25) is 5.91 Å². The normalized spacial score (nSPS) is 12.5. The number of nitro groups is 1. The third kappa shape index (κ3) is 3.99. The van der Waals surface area contributed by atoms with Crippen molar-refractivity contribution in [2.75, 3.05) is 16.8 Å². The summed E-state index contributed by atoms with van der Waals surface area (Å²) in [7, 11) is 0. The molecule has 2 heterocycles. The molecule has 0 atom stereocenters. The summed E-state index contributed by atoms with van der Waals surface area (Å²) in [5, 5.41) is 15.9. The van der Waals surface area contributed by atoms with Gasteiger partial charge in [0.05, 0.1) is 22.7 Å². The van der Waals surface area contributed by atoms with Gasteiger partial charge in [-0.2, -0.15) is 0 Å². The van der Waals surface area contributed by atoms with Gasteiger partial charge < -0.3 is 4.90 Å². The Bertz CT molecular complexity index is 1100. The molecule has 2 aromatic carbocycles. The first-order chi connectivity index (χ1) is 14.0. The Morgan fingerprint density at radius 2 is 2.00 bits per heavy atom. The van der Waals surface area contributed by atoms with Crippen LogP contribution in [-0.4, -0.2) is 28.3 Å². The second-order valence-corrected chi connectivity index (χ2v) is 7.36. The fraction of sp³-hybridized carbons (Fsp3) is 0.150. The molecule has 0 spiro atoms. The molecule has 29 heavy (non-hydrogen) atoms. The Hall–Kier alpha value is -3.59. The molecule has 0 aliphatic carbocycles. The summed E-state index contributed by atoms with van der Waals surface area (Å²) in [4.78, 5) is 41.4. The van der Waals surface area contributed by atoms with E-state index in [9.17, 15) is 19.7 Å². The number of rotatable bonds is 5. The third-order valence-corrected chi connectivity index (χ3v) is 5.42. The Morgan fingerprint density at radius 3 is 2.76 bits per heavy atom. The first-order valence-electron chi connectivity index (χ1n) is 8.90. The lowest BCUT2D eigenvalue weighted by atomic mass is 10.1. The molecule has 1 aromatic heterocycles. The number of hydrogen-bond donors (Lipinski definition) is 1. The molecule has 0 fully saturated rings. The zero-order valence-corrected chi connectivity index (χ0v) is 16.0. The summed E-state index contributed by atoms with van der Waals surface area (Å²) in [6.45, 7) is 0.483. The van der Waals surface area contributed by atoms with Crippen LogP contribution in [0.15, 0.2) is 53.9 Å². The Labute approximate surface area is 170 Å². The van der Waals surface area contributed by atoms with Crippen LogP contribution >= 0.6 is 11.3 Å². The smallest absolute Gasteiger partial charge is 0.271 e. The number of carbonyl (C=O) groups is 2. The monoisotopic (exact) mass is 408 g/mol. The molecule has 0 saturated heterocycles. The van der Waals surface area contributed by atoms with Crippen molar-refractivity contribution in [1.29, 1.82) is 0 Å². The van der Waals surface area contributed by atoms with E-state index in [1.165, 1.54) is 23.5 Å². The molecular formula is C20H16N4O4S. The average Bonchev–Trinajstić information content (AvgIpc) is 3.34. The van der Waals surface area contributed by atoms with Gasteiger partial charge in [-0.25, -0.2) is 4.98 Å². The van der Waals surface area contributed by atoms with Gasteiger partial charge in [0.1, 0.15) is 0 Å². The van der Waals surface area contributed by atoms with Crippen LogP contribution in [-0.2, 0) is 17.6 Å². The van der Waals surface area contributed by atoms with Crippen molar-refractivity contribution in [3.8, 4) is 0 Å². The maximum absolute atomic E-state index is 12.7. The number of carbonyl (C=O) groups excluding carboxylic acids is 2. The largest absolute Gasteiger partial charge is 0.311 e. The number of non-ortho nitro benzene ring substituents is 1. The first-order valence-corrected chi connectivity index (χ1v) is 9.78. The minimum atomic E-state index is -0.469. The summed E-state index contributed by atoms with van der Waals surface area (Å²) >= 11 is 1.25. The minimum Gasteiger partial charge on any atom is -0.311 e. The molecule has 0 saturated carbocycles. The highest BCUT2D eigenvalue weighted by atomic mass is 32.1. The number of hydrogen-bond acceptors (Lipinski definition) is 6. The van der Waals surface area contributed by atoms with E-state index in [-0.39, 0.29) is 23.9 Å². The Morgan fingerprint density at radius 1 is 1.21 bits per heavy atom. The van der Waals surface area contributed by atoms with Crippen LogP contribution in [0, 0.1) is 10.1 Å². The SMILES string of the molecule is O=C(Nc1nc(CC(=O)N2CCc3ccc([N+](=O)[O-])cc32)cs1)c1ccccc1. The van der Waals surface area contributed by atoms with Crippen molar-refractivity contribution >= 4 is 39.7 Å². The fourth-order valence-electron chi connectivity index (χ4n) is 3.19. The van der Waals surface area contributed by atoms with Gasteiger partial charge in [0.15, 0.2) is 5.13 Å². The van der Waals surface area contributed by atoms with Crippen LogP contribution in [0.25, 0.3) is 0 Å². The number of nitrogens with one attached hydrogen (secondary N) is 1. The van der Waals surface area contributed by atoms with Crippen LogP contribution in [0.5, 0.6) is 0 Å². The number of aromatic nitrogens is 1. The van der Waals surface area contributed by atoms with Crippen molar-refractivity contribution in [2.45, 2.75) is 12.8 Å². The van der Waals surface area contributed by atoms with Crippen LogP contribution in [0.2, 0.25) is 0 Å². The zero-order valence-electron chi connectivity index (χ0n) is 15.2. The van der Waals surface area contributed by atoms with Crippen LogP contribution < -0.4 is 10.2 Å². The molecular weight excluding hydrogens is 392 g/mol. The highest BCUT2D eigenvalue weighted by molar-refractivity contribution is 7.14. The molecule has 0 bridgehead atoms. The molecule has 2 amide bonds. The Kier molecular flexibility index (Phi) is 5.05. The van der Waals surface area contributed by atoms with Gasteiger partial charge in [-0.1, -0.05) is 24.3 Å². The number of anilines is 2. The highest BCUT2D eigenvalue weighted by Gasteiger charge is 2.27. The molecule has 0 unspecified atom stereocenters. The molecule has 1 N–H and O–H groups in total. The van der Waals surface area contributed by atoms with E-state index in [1.807, 2.05) is 6.07 Å². The average molecular weight is 408 g/mol. The highest BCUT2D eigenvalue weighted by Crippen LogP contribution is 2.32. The second-order valence-electron chi connectivity index (χ2n) is 6.51. The molecule has 0 radical (unpaired) electrons. The lowest BCUT2D eigenvalue weighted by Gasteiger charge is -2.16. The van der Waals surface area contributed by atoms with E-state index in [1.54, 1.807) is 40.6 Å². The van der Waals surface area contributed by atoms with Gasteiger partial charge in [-0.15, -0.1) is 11.3 Å². The van der Waals surface area contributed by atoms with E-state index < -0.39 is 4.92 Å². The molecule has 3 aromatic rings. The van der Waals surface area contributed by atoms with E-state index in [0.29, 0.717) is 35.0 Å². The first kappa shape index (κ1) is 18.8. The lowest BCUT2D eigenvalue weighted by molar-refractivity contribution is -0.384. The van der Waals surface area contributed by atoms with E-state index in [0.717, 1.165) is 5.56 Å². The number of nitrogens with zero attached hydrogens (tertiary/aromatic N) is 3. The summed E-state index contributed by atoms with van der Waals surface area (Å²) in [6, 6.07) is 13.4. The van der Waals surface area contributed by atoms with E-state index in [2.05, 4.69) is 10.3 Å². The molecule has 9 heteroatoms. The third-order valence-electron chi connectivity index (χ3n) is 4.62. The van der Waals surface area contributed by atoms with Crippen LogP contribution in [0.1, 0.15) is 21.6 Å². The van der Waals surface area contributed by atoms with Crippen molar-refractivity contribution < 1.29 is 14.5 Å². The standard InChI is InChI=1S/C20H16N4O4S/c25-18(23-9-8-13-6-7-16(24(27)28)11-17(13)23)10-15-12-29-20(21-15)22-19(26)14-4-2-1-3-5-14/h1-7,11-12H,8-10H2,(H,21,22,26). The molecule has 1 aliphatic heterocycles. The summed E-state index contributed by atoms with van der Waals surface area (Å²) < 4.78 is 0. The van der Waals surface area contributed by atoms with E-state index in [4.69, 9.17) is 0 Å². The van der Waals surface area contributed by atoms with Gasteiger partial charge in [0.25, 0.3) is 11.6 Å². The fourth-order valence-corrected chi connectivity index (χ4v) is 3.90. The quantitative estimate of drug-likeness (QED) is 0.514. The van der Waals surface area contributed by atoms with Gasteiger partial charge in [-0.3, -0.25) is 25.0 Å². The van der Waals surface area contributed by atoms with Crippen LogP contribution in [0.4, 0.5) is 16.5 Å². The number of thiazole rings is 1. The van der Waals surface area contributed by atoms with Gasteiger partial charge in [-0.05, 0) is 24.1 Å². The minimum absolute atomic E-state index is 0.0389. The van der Waals surface area contributed by atoms with E-state index >= 15 is 0 Å². The zero-order chi connectivity index (χ0) is 20.4. The molecule has 1 aliphatic rings. The summed E-state index contributed by atoms with van der Waals surface area (Å²) in [5.41, 5.74) is 2.52. The van der Waals surface area contributed by atoms with Crippen molar-refractivity contribution in [1.82, 2.24) is 4.98 Å². The lowest BCUT2D eigenvalue weighted by Crippen LogP contribution is -2.30. The molecule has 8 nitrogen and oxygen atoms in total. The number of amides is 2. The molecule has 146 valence electrons. The molecule has 4 rings (SSSR count). The summed E-state index contributed by atoms with van der Waals surface area (Å²) in [5.74, 6) is -0.450.